The van der Waals surface area contributed by atoms with Crippen molar-refractivity contribution < 1.29 is 9.53 Å². The molecule has 0 bridgehead atoms. The van der Waals surface area contributed by atoms with Gasteiger partial charge < -0.3 is 14.5 Å². The van der Waals surface area contributed by atoms with E-state index in [2.05, 4.69) is 49.0 Å². The average molecular weight is 382 g/mol. The Balaban J connectivity index is 1.38. The highest BCUT2D eigenvalue weighted by atomic mass is 16.5. The summed E-state index contributed by atoms with van der Waals surface area (Å²) in [5.74, 6) is 1.05. The number of likely N-dealkylation sites (tertiary alicyclic amines) is 1. The molecule has 0 atom stereocenters. The fraction of sp³-hybridized carbons (Fsp3) is 0.478. The predicted octanol–water partition coefficient (Wildman–Crippen LogP) is 3.70. The molecule has 3 rings (SSSR count). The van der Waals surface area contributed by atoms with Gasteiger partial charge in [0.25, 0.3) is 5.91 Å². The van der Waals surface area contributed by atoms with Gasteiger partial charge in [-0.3, -0.25) is 9.78 Å². The first-order valence-electron chi connectivity index (χ1n) is 10.1. The number of hydrogen-bond donors (Lipinski definition) is 0. The van der Waals surface area contributed by atoms with Crippen LogP contribution in [0.15, 0.2) is 42.7 Å². The molecule has 1 aromatic carbocycles. The Labute approximate surface area is 168 Å². The zero-order chi connectivity index (χ0) is 19.9. The van der Waals surface area contributed by atoms with Gasteiger partial charge in [0.1, 0.15) is 5.75 Å². The highest BCUT2D eigenvalue weighted by Crippen LogP contribution is 2.19. The van der Waals surface area contributed by atoms with Crippen LogP contribution in [-0.2, 0) is 0 Å². The number of ether oxygens (including phenoxy) is 1. The molecule has 1 saturated heterocycles. The summed E-state index contributed by atoms with van der Waals surface area (Å²) >= 11 is 0. The van der Waals surface area contributed by atoms with E-state index >= 15 is 0 Å². The Morgan fingerprint density at radius 3 is 2.57 bits per heavy atom. The minimum absolute atomic E-state index is 0.0936. The third kappa shape index (κ3) is 5.55. The van der Waals surface area contributed by atoms with E-state index in [9.17, 15) is 4.79 Å². The van der Waals surface area contributed by atoms with Gasteiger partial charge >= 0.3 is 0 Å². The van der Waals surface area contributed by atoms with Crippen LogP contribution in [0.2, 0.25) is 0 Å². The summed E-state index contributed by atoms with van der Waals surface area (Å²) in [5.41, 5.74) is 3.15. The smallest absolute Gasteiger partial charge is 0.255 e. The molecule has 1 amide bonds. The molecule has 150 valence electrons. The maximum atomic E-state index is 12.5. The van der Waals surface area contributed by atoms with Gasteiger partial charge in [-0.1, -0.05) is 6.07 Å². The van der Waals surface area contributed by atoms with Crippen molar-refractivity contribution in [3.05, 3.63) is 59.4 Å². The molecule has 5 heteroatoms. The molecule has 5 nitrogen and oxygen atoms in total. The number of pyridine rings is 1. The third-order valence-electron chi connectivity index (χ3n) is 5.40. The fourth-order valence-corrected chi connectivity index (χ4v) is 3.88. The second-order valence-corrected chi connectivity index (χ2v) is 7.77. The lowest BCUT2D eigenvalue weighted by Gasteiger charge is -2.36. The van der Waals surface area contributed by atoms with E-state index in [1.807, 2.05) is 17.0 Å². The summed E-state index contributed by atoms with van der Waals surface area (Å²) < 4.78 is 5.92. The molecule has 0 radical (unpaired) electrons. The van der Waals surface area contributed by atoms with E-state index in [-0.39, 0.29) is 5.91 Å². The summed E-state index contributed by atoms with van der Waals surface area (Å²) in [6, 6.07) is 10.5. The number of aromatic nitrogens is 1. The van der Waals surface area contributed by atoms with Gasteiger partial charge in [0.15, 0.2) is 0 Å². The van der Waals surface area contributed by atoms with Crippen molar-refractivity contribution in [1.82, 2.24) is 14.8 Å². The predicted molar refractivity (Wildman–Crippen MR) is 112 cm³/mol. The van der Waals surface area contributed by atoms with Gasteiger partial charge in [-0.25, -0.2) is 0 Å². The molecule has 0 spiro atoms. The van der Waals surface area contributed by atoms with Crippen LogP contribution >= 0.6 is 0 Å². The lowest BCUT2D eigenvalue weighted by atomic mass is 10.0. The van der Waals surface area contributed by atoms with Gasteiger partial charge in [-0.05, 0) is 75.5 Å². The average Bonchev–Trinajstić information content (AvgIpc) is 2.70. The Kier molecular flexibility index (Phi) is 7.04. The van der Waals surface area contributed by atoms with Crippen molar-refractivity contribution in [3.8, 4) is 5.75 Å². The topological polar surface area (TPSA) is 45.7 Å². The molecule has 0 unspecified atom stereocenters. The highest BCUT2D eigenvalue weighted by molar-refractivity contribution is 5.93. The van der Waals surface area contributed by atoms with E-state index in [0.717, 1.165) is 51.3 Å². The van der Waals surface area contributed by atoms with Crippen molar-refractivity contribution in [1.29, 1.82) is 0 Å². The Hall–Kier alpha value is -2.40. The van der Waals surface area contributed by atoms with Gasteiger partial charge in [0, 0.05) is 38.1 Å². The van der Waals surface area contributed by atoms with Crippen LogP contribution in [0.25, 0.3) is 0 Å². The molecule has 2 heterocycles. The number of hydrogen-bond acceptors (Lipinski definition) is 4. The van der Waals surface area contributed by atoms with Crippen LogP contribution in [0.5, 0.6) is 5.75 Å². The molecule has 1 fully saturated rings. The van der Waals surface area contributed by atoms with Crippen LogP contribution in [0.4, 0.5) is 0 Å². The number of carbonyl (C=O) groups excluding carboxylic acids is 1. The summed E-state index contributed by atoms with van der Waals surface area (Å²) in [6.07, 6.45) is 6.37. The van der Waals surface area contributed by atoms with Gasteiger partial charge in [0.05, 0.1) is 12.2 Å². The number of amides is 1. The lowest BCUT2D eigenvalue weighted by Crippen LogP contribution is -2.45. The van der Waals surface area contributed by atoms with Gasteiger partial charge in [0.2, 0.25) is 0 Å². The van der Waals surface area contributed by atoms with E-state index < -0.39 is 0 Å². The quantitative estimate of drug-likeness (QED) is 0.686. The molecule has 1 aliphatic rings. The first-order chi connectivity index (χ1) is 13.5. The normalized spacial score (nSPS) is 15.1. The number of nitrogens with zero attached hydrogens (tertiary/aromatic N) is 3. The van der Waals surface area contributed by atoms with Crippen molar-refractivity contribution >= 4 is 5.91 Å². The zero-order valence-corrected chi connectivity index (χ0v) is 17.2. The molecular formula is C23H31N3O2. The monoisotopic (exact) mass is 381 g/mol. The minimum atomic E-state index is 0.0936. The Bertz CT molecular complexity index is 750. The van der Waals surface area contributed by atoms with E-state index in [1.54, 1.807) is 12.4 Å². The maximum absolute atomic E-state index is 12.5. The van der Waals surface area contributed by atoms with E-state index in [4.69, 9.17) is 4.74 Å². The number of carbonyl (C=O) groups is 1. The van der Waals surface area contributed by atoms with Crippen molar-refractivity contribution in [2.24, 2.45) is 0 Å². The lowest BCUT2D eigenvalue weighted by molar-refractivity contribution is 0.0641. The van der Waals surface area contributed by atoms with Crippen LogP contribution in [0, 0.1) is 13.8 Å². The zero-order valence-electron chi connectivity index (χ0n) is 17.2. The number of piperidine rings is 1. The van der Waals surface area contributed by atoms with Crippen molar-refractivity contribution in [2.75, 3.05) is 33.3 Å². The first-order valence-corrected chi connectivity index (χ1v) is 10.1. The second-order valence-electron chi connectivity index (χ2n) is 7.77. The molecule has 2 aromatic rings. The van der Waals surface area contributed by atoms with Gasteiger partial charge in [-0.15, -0.1) is 0 Å². The van der Waals surface area contributed by atoms with Crippen molar-refractivity contribution in [3.63, 3.8) is 0 Å². The van der Waals surface area contributed by atoms with Crippen LogP contribution in [-0.4, -0.2) is 60.0 Å². The minimum Gasteiger partial charge on any atom is -0.494 e. The van der Waals surface area contributed by atoms with Gasteiger partial charge in [-0.2, -0.15) is 0 Å². The molecule has 0 aliphatic carbocycles. The summed E-state index contributed by atoms with van der Waals surface area (Å²) in [6.45, 7) is 7.54. The maximum Gasteiger partial charge on any atom is 0.255 e. The largest absolute Gasteiger partial charge is 0.494 e. The molecule has 28 heavy (non-hydrogen) atoms. The second kappa shape index (κ2) is 9.69. The first kappa shape index (κ1) is 20.3. The molecule has 0 N–H and O–H groups in total. The molecule has 0 saturated carbocycles. The third-order valence-corrected chi connectivity index (χ3v) is 5.40. The highest BCUT2D eigenvalue weighted by Gasteiger charge is 2.25. The van der Waals surface area contributed by atoms with Crippen molar-refractivity contribution in [2.45, 2.75) is 39.2 Å². The van der Waals surface area contributed by atoms with Crippen LogP contribution in [0.3, 0.4) is 0 Å². The van der Waals surface area contributed by atoms with Crippen LogP contribution < -0.4 is 4.74 Å². The molecule has 1 aromatic heterocycles. The number of benzene rings is 1. The number of rotatable bonds is 7. The summed E-state index contributed by atoms with van der Waals surface area (Å²) in [4.78, 5) is 20.9. The summed E-state index contributed by atoms with van der Waals surface area (Å²) in [7, 11) is 2.18. The fourth-order valence-electron chi connectivity index (χ4n) is 3.88. The Morgan fingerprint density at radius 1 is 1.21 bits per heavy atom. The van der Waals surface area contributed by atoms with Crippen LogP contribution in [0.1, 0.15) is 40.7 Å². The van der Waals surface area contributed by atoms with E-state index in [0.29, 0.717) is 11.6 Å². The standard InChI is InChI=1S/C23H31N3O2/c1-18-14-19(2)16-22(15-18)28-13-5-10-25(3)21-7-11-26(12-8-21)23(27)20-6-4-9-24-17-20/h4,6,9,14-17,21H,5,7-8,10-13H2,1-3H3. The Morgan fingerprint density at radius 2 is 1.93 bits per heavy atom. The molecular weight excluding hydrogens is 350 g/mol. The number of aryl methyl sites for hydroxylation is 2. The SMILES string of the molecule is Cc1cc(C)cc(OCCCN(C)C2CCN(C(=O)c3cccnc3)CC2)c1. The summed E-state index contributed by atoms with van der Waals surface area (Å²) in [5, 5.41) is 0. The molecule has 1 aliphatic heterocycles. The van der Waals surface area contributed by atoms with E-state index in [1.165, 1.54) is 11.1 Å².